The largest absolute Gasteiger partial charge is 0.432 e. The molecule has 7 aliphatic rings. The molecule has 6 fully saturated rings. The summed E-state index contributed by atoms with van der Waals surface area (Å²) in [5.74, 6) is -2.70. The molecule has 11 unspecified atom stereocenters. The van der Waals surface area contributed by atoms with Crippen molar-refractivity contribution in [2.45, 2.75) is 264 Å². The van der Waals surface area contributed by atoms with Crippen molar-refractivity contribution in [3.63, 3.8) is 0 Å². The maximum absolute atomic E-state index is 15.3. The number of methoxy groups -OCH3 is 1. The Bertz CT molecular complexity index is 2250. The number of aliphatic hydroxyl groups excluding tert-OH is 9. The van der Waals surface area contributed by atoms with Crippen LogP contribution in [-0.4, -0.2) is 182 Å². The molecule has 20 nitrogen and oxygen atoms in total. The van der Waals surface area contributed by atoms with Gasteiger partial charge in [0.15, 0.2) is 6.29 Å². The number of allylic oxidation sites excluding steroid dienone is 2. The Morgan fingerprint density at radius 3 is 1.99 bits per heavy atom. The summed E-state index contributed by atoms with van der Waals surface area (Å²) in [4.78, 5) is 55.3. The molecule has 2 aliphatic heterocycles. The Labute approximate surface area is 479 Å². The summed E-state index contributed by atoms with van der Waals surface area (Å²) < 4.78 is 29.8. The number of hydrogen-bond acceptors (Lipinski definition) is 18. The second kappa shape index (κ2) is 25.0. The van der Waals surface area contributed by atoms with Crippen molar-refractivity contribution in [3.8, 4) is 0 Å². The van der Waals surface area contributed by atoms with Crippen LogP contribution in [-0.2, 0) is 42.9 Å². The van der Waals surface area contributed by atoms with Crippen LogP contribution in [0.3, 0.4) is 0 Å². The Balaban J connectivity index is 1.01. The molecule has 5 aliphatic carbocycles. The fourth-order valence-electron chi connectivity index (χ4n) is 17.0. The number of rotatable bonds is 22. The van der Waals surface area contributed by atoms with Gasteiger partial charge < -0.3 is 85.1 Å². The van der Waals surface area contributed by atoms with Gasteiger partial charge in [-0.05, 0) is 115 Å². The molecule has 2 heterocycles. The van der Waals surface area contributed by atoms with Gasteiger partial charge in [-0.15, -0.1) is 0 Å². The Hall–Kier alpha value is -2.70. The minimum Gasteiger partial charge on any atom is -0.432 e. The highest BCUT2D eigenvalue weighted by molar-refractivity contribution is 5.80. The van der Waals surface area contributed by atoms with E-state index in [2.05, 4.69) is 58.3 Å². The van der Waals surface area contributed by atoms with Crippen LogP contribution >= 0.6 is 0 Å². The zero-order valence-corrected chi connectivity index (χ0v) is 50.3. The Morgan fingerprint density at radius 2 is 1.38 bits per heavy atom. The SMILES string of the molecule is CC[C@H](C)[C@H](C[C@H](O)CC(=O)NC1C(O)C(OC)[C@H](OC(=O)C23CCC(C)(C)CC2C2=CCC4(C)C5(C)CCC(O)C(C)(C=O)[C@@H]5CC[C@@]4(C)[C@]2(C)C[C@H]3O)O[C@@H]1CO)NC(=O)C[C@@H](O)C[C@H](O[C@@H]1O[C@@H](CO)C(O)C1O)[C@@H](C)CC. The van der Waals surface area contributed by atoms with E-state index in [4.69, 9.17) is 23.7 Å². The zero-order chi connectivity index (χ0) is 60.2. The first-order chi connectivity index (χ1) is 37.9. The molecule has 0 spiro atoms. The minimum absolute atomic E-state index is 0.00931. The molecule has 2 saturated heterocycles. The molecule has 0 bridgehead atoms. The summed E-state index contributed by atoms with van der Waals surface area (Å²) in [6.07, 6.45) is -6.93. The molecular weight excluding hydrogens is 1050 g/mol. The molecule has 81 heavy (non-hydrogen) atoms. The van der Waals surface area contributed by atoms with Crippen molar-refractivity contribution >= 4 is 24.1 Å². The van der Waals surface area contributed by atoms with Gasteiger partial charge in [0.1, 0.15) is 48.3 Å². The van der Waals surface area contributed by atoms with Crippen LogP contribution in [0, 0.1) is 61.6 Å². The minimum atomic E-state index is -1.58. The molecule has 20 heteroatoms. The van der Waals surface area contributed by atoms with Gasteiger partial charge in [-0.25, -0.2) is 0 Å². The molecule has 0 aromatic rings. The summed E-state index contributed by atoms with van der Waals surface area (Å²) in [7, 11) is 1.30. The molecule has 0 aromatic carbocycles. The van der Waals surface area contributed by atoms with Crippen molar-refractivity contribution in [1.82, 2.24) is 10.6 Å². The van der Waals surface area contributed by atoms with E-state index in [9.17, 15) is 60.3 Å². The number of ether oxygens (including phenoxy) is 5. The molecule has 0 radical (unpaired) electrons. The molecule has 25 atom stereocenters. The van der Waals surface area contributed by atoms with E-state index in [0.29, 0.717) is 44.9 Å². The maximum Gasteiger partial charge on any atom is 0.317 e. The second-order valence-corrected chi connectivity index (χ2v) is 28.0. The van der Waals surface area contributed by atoms with Gasteiger partial charge in [-0.3, -0.25) is 14.4 Å². The number of esters is 1. The molecule has 0 aromatic heterocycles. The van der Waals surface area contributed by atoms with Crippen LogP contribution in [0.15, 0.2) is 11.6 Å². The van der Waals surface area contributed by atoms with E-state index in [1.165, 1.54) is 7.11 Å². The van der Waals surface area contributed by atoms with Gasteiger partial charge in [0.05, 0.1) is 68.0 Å². The first kappa shape index (κ1) is 65.8. The summed E-state index contributed by atoms with van der Waals surface area (Å²) in [5.41, 5.74) is -2.92. The van der Waals surface area contributed by atoms with E-state index in [1.807, 2.05) is 34.6 Å². The van der Waals surface area contributed by atoms with Crippen LogP contribution in [0.4, 0.5) is 0 Å². The van der Waals surface area contributed by atoms with Gasteiger partial charge in [0, 0.05) is 19.6 Å². The second-order valence-electron chi connectivity index (χ2n) is 28.0. The first-order valence-corrected chi connectivity index (χ1v) is 30.3. The zero-order valence-electron chi connectivity index (χ0n) is 50.3. The van der Waals surface area contributed by atoms with E-state index >= 15 is 4.79 Å². The van der Waals surface area contributed by atoms with Gasteiger partial charge in [-0.1, -0.05) is 101 Å². The quantitative estimate of drug-likeness (QED) is 0.0420. The Morgan fingerprint density at radius 1 is 0.753 bits per heavy atom. The van der Waals surface area contributed by atoms with Crippen LogP contribution in [0.5, 0.6) is 0 Å². The first-order valence-electron chi connectivity index (χ1n) is 30.3. The van der Waals surface area contributed by atoms with Crippen molar-refractivity contribution in [3.05, 3.63) is 11.6 Å². The van der Waals surface area contributed by atoms with Crippen molar-refractivity contribution in [2.24, 2.45) is 61.6 Å². The number of carbonyl (C=O) groups excluding carboxylic acids is 4. The molecule has 464 valence electrons. The van der Waals surface area contributed by atoms with Crippen LogP contribution in [0.2, 0.25) is 0 Å². The lowest BCUT2D eigenvalue weighted by Gasteiger charge is -2.75. The average molecular weight is 1150 g/mol. The maximum atomic E-state index is 15.3. The van der Waals surface area contributed by atoms with Gasteiger partial charge in [0.2, 0.25) is 18.1 Å². The number of amides is 2. The van der Waals surface area contributed by atoms with Crippen molar-refractivity contribution < 1.29 is 88.8 Å². The summed E-state index contributed by atoms with van der Waals surface area (Å²) >= 11 is 0. The number of hydrogen-bond donors (Lipinski definition) is 11. The highest BCUT2D eigenvalue weighted by Gasteiger charge is 2.75. The Kier molecular flexibility index (Phi) is 20.3. The predicted molar refractivity (Wildman–Crippen MR) is 296 cm³/mol. The third kappa shape index (κ3) is 11.6. The lowest BCUT2D eigenvalue weighted by Crippen LogP contribution is -2.71. The van der Waals surface area contributed by atoms with Crippen molar-refractivity contribution in [2.75, 3.05) is 20.3 Å². The monoisotopic (exact) mass is 1150 g/mol. The molecule has 11 N–H and O–H groups in total. The number of nitrogens with one attached hydrogen (secondary N) is 2. The predicted octanol–water partition coefficient (Wildman–Crippen LogP) is 3.49. The highest BCUT2D eigenvalue weighted by Crippen LogP contribution is 2.80. The van der Waals surface area contributed by atoms with Gasteiger partial charge in [0.25, 0.3) is 0 Å². The molecular formula is C61H102N2O18. The topological polar surface area (TPSA) is 321 Å². The number of aldehydes is 1. The molecule has 7 rings (SSSR count). The van der Waals surface area contributed by atoms with E-state index in [0.717, 1.165) is 31.1 Å². The lowest BCUT2D eigenvalue weighted by molar-refractivity contribution is -0.288. The van der Waals surface area contributed by atoms with Crippen LogP contribution in [0.1, 0.15) is 172 Å². The van der Waals surface area contributed by atoms with E-state index < -0.39 is 151 Å². The normalized spacial score (nSPS) is 44.1. The van der Waals surface area contributed by atoms with Crippen molar-refractivity contribution in [1.29, 1.82) is 0 Å². The van der Waals surface area contributed by atoms with Crippen LogP contribution < -0.4 is 10.6 Å². The number of carbonyl (C=O) groups is 4. The third-order valence-electron chi connectivity index (χ3n) is 23.3. The number of fused-ring (bicyclic) bond motifs is 7. The number of aliphatic hydroxyl groups is 9. The third-order valence-corrected chi connectivity index (χ3v) is 23.3. The lowest BCUT2D eigenvalue weighted by atomic mass is 9.29. The fraction of sp³-hybridized carbons (Fsp3) is 0.902. The van der Waals surface area contributed by atoms with E-state index in [-0.39, 0.29) is 65.1 Å². The average Bonchev–Trinajstić information content (AvgIpc) is 1.91. The smallest absolute Gasteiger partial charge is 0.317 e. The summed E-state index contributed by atoms with van der Waals surface area (Å²) in [6, 6.07) is -1.91. The summed E-state index contributed by atoms with van der Waals surface area (Å²) in [5, 5.41) is 105. The molecule has 4 saturated carbocycles. The van der Waals surface area contributed by atoms with Gasteiger partial charge in [-0.2, -0.15) is 0 Å². The van der Waals surface area contributed by atoms with E-state index in [1.54, 1.807) is 0 Å². The molecule has 2 amide bonds. The fourth-order valence-corrected chi connectivity index (χ4v) is 17.0. The standard InChI is InChI=1S/C61H102N2O18/c1-13-32(3)38(62-45(71)26-35(68)24-39(33(4)14-2)78-52-50(75)48(73)41(30-65)80-52)23-34(67)25-46(72)63-47-40(29-64)79-53(51(77-12)49(47)74)81-54(76)61-22-21-55(5,6)27-37(61)36-15-19-59(10)57(8)18-17-43(69)56(7,31-66)42(57)16-20-60(59,11)58(36,9)28-44(61)70/h15,31-35,37-44,47-53,64-65,67-70,73-75H,13-14,16-30H2,1-12H3,(H,62,71)(H,63,72)/t32-,33-,34-,35-,37?,38-,39-,40+,41-,42-,43?,44+,47?,48?,49?,50?,51?,52+,53-,56?,57?,58+,59?,60-,61?/m0/s1. The van der Waals surface area contributed by atoms with Crippen LogP contribution in [0.25, 0.3) is 0 Å². The summed E-state index contributed by atoms with van der Waals surface area (Å²) in [6.45, 7) is 21.9. The van der Waals surface area contributed by atoms with Gasteiger partial charge >= 0.3 is 5.97 Å². The highest BCUT2D eigenvalue weighted by atomic mass is 16.7.